The van der Waals surface area contributed by atoms with Crippen molar-refractivity contribution in [3.05, 3.63) is 145 Å². The number of rotatable bonds is 9. The van der Waals surface area contributed by atoms with Gasteiger partial charge in [-0.25, -0.2) is 19.2 Å². The Labute approximate surface area is 291 Å². The van der Waals surface area contributed by atoms with Gasteiger partial charge in [-0.2, -0.15) is 20.0 Å². The molecule has 1 aliphatic carbocycles. The van der Waals surface area contributed by atoms with Gasteiger partial charge in [0.1, 0.15) is 34.4 Å². The molecule has 0 aromatic heterocycles. The molecule has 0 heterocycles. The number of ether oxygens (including phenoxy) is 2. The van der Waals surface area contributed by atoms with Gasteiger partial charge in [-0.3, -0.25) is 0 Å². The molecule has 0 aliphatic heterocycles. The number of hydrogen-bond acceptors (Lipinski definition) is 10. The summed E-state index contributed by atoms with van der Waals surface area (Å²) in [5.41, 5.74) is 8.12. The van der Waals surface area contributed by atoms with Crippen molar-refractivity contribution in [2.75, 3.05) is 0 Å². The Kier molecular flexibility index (Phi) is 10.5. The van der Waals surface area contributed by atoms with Crippen LogP contribution in [-0.4, -0.2) is 24.3 Å². The van der Waals surface area contributed by atoms with Crippen LogP contribution in [0.4, 0.5) is 22.7 Å². The average Bonchev–Trinajstić information content (AvgIpc) is 3.55. The molecular weight excluding hydrogens is 644 g/mol. The maximum atomic E-state index is 10.6. The minimum Gasteiger partial charge on any atom is -0.457 e. The van der Waals surface area contributed by atoms with Gasteiger partial charge in [0, 0.05) is 6.42 Å². The van der Waals surface area contributed by atoms with Crippen LogP contribution >= 0.6 is 0 Å². The van der Waals surface area contributed by atoms with E-state index in [1.165, 1.54) is 29.9 Å². The summed E-state index contributed by atoms with van der Waals surface area (Å²) >= 11 is 0. The highest BCUT2D eigenvalue weighted by atomic mass is 16.5. The highest BCUT2D eigenvalue weighted by molar-refractivity contribution is 5.87. The molecule has 0 spiro atoms. The fourth-order valence-corrected chi connectivity index (χ4v) is 5.48. The summed E-state index contributed by atoms with van der Waals surface area (Å²) in [5, 5.41) is 0. The van der Waals surface area contributed by atoms with Crippen LogP contribution in [-0.2, 0) is 25.6 Å². The number of aliphatic imine (C=N–C) groups is 4. The van der Waals surface area contributed by atoms with E-state index in [2.05, 4.69) is 20.0 Å². The quantitative estimate of drug-likeness (QED) is 0.111. The van der Waals surface area contributed by atoms with Crippen molar-refractivity contribution in [2.24, 2.45) is 20.0 Å². The minimum absolute atomic E-state index is 0.352. The summed E-state index contributed by atoms with van der Waals surface area (Å²) < 4.78 is 11.6. The Morgan fingerprint density at radius 1 is 0.431 bits per heavy atom. The van der Waals surface area contributed by atoms with Crippen molar-refractivity contribution in [2.45, 2.75) is 6.42 Å². The molecule has 0 saturated carbocycles. The molecule has 0 saturated heterocycles. The number of nitrogens with zero attached hydrogens (tertiary/aromatic N) is 4. The second-order valence-corrected chi connectivity index (χ2v) is 10.8. The Bertz CT molecular complexity index is 2280. The van der Waals surface area contributed by atoms with Crippen molar-refractivity contribution >= 4 is 47.1 Å². The summed E-state index contributed by atoms with van der Waals surface area (Å²) in [5.74, 6) is 2.69. The van der Waals surface area contributed by atoms with E-state index in [0.717, 1.165) is 27.8 Å². The van der Waals surface area contributed by atoms with Crippen molar-refractivity contribution in [3.63, 3.8) is 0 Å². The smallest absolute Gasteiger partial charge is 0.240 e. The Morgan fingerprint density at radius 3 is 1.35 bits per heavy atom. The van der Waals surface area contributed by atoms with Crippen LogP contribution in [0.25, 0.3) is 22.3 Å². The first-order valence-corrected chi connectivity index (χ1v) is 15.4. The van der Waals surface area contributed by atoms with Gasteiger partial charge in [0.25, 0.3) is 0 Å². The lowest BCUT2D eigenvalue weighted by atomic mass is 10.0. The van der Waals surface area contributed by atoms with Gasteiger partial charge in [-0.1, -0.05) is 54.6 Å². The summed E-state index contributed by atoms with van der Waals surface area (Å²) in [6, 6.07) is 40.7. The fourth-order valence-electron chi connectivity index (χ4n) is 5.48. The normalized spacial score (nSPS) is 10.3. The van der Waals surface area contributed by atoms with Crippen LogP contribution in [0.5, 0.6) is 23.0 Å². The van der Waals surface area contributed by atoms with Crippen molar-refractivity contribution < 1.29 is 28.7 Å². The van der Waals surface area contributed by atoms with Gasteiger partial charge in [0.15, 0.2) is 0 Å². The van der Waals surface area contributed by atoms with Gasteiger partial charge >= 0.3 is 0 Å². The highest BCUT2D eigenvalue weighted by Crippen LogP contribution is 2.45. The second kappa shape index (κ2) is 16.0. The van der Waals surface area contributed by atoms with Crippen LogP contribution in [0, 0.1) is 0 Å². The van der Waals surface area contributed by atoms with Gasteiger partial charge in [-0.05, 0) is 112 Å². The SMILES string of the molecule is O=C=Nc1ccc(Oc2ccc(-c3ccc(Oc4ccc(N=C=O)cc4)cc3)cc2)cc1.O=C=Nc1ccc2c(c1N=C=O)Cc1ccccc1-2. The van der Waals surface area contributed by atoms with Crippen molar-refractivity contribution in [1.29, 1.82) is 0 Å². The predicted molar refractivity (Wildman–Crippen MR) is 191 cm³/mol. The predicted octanol–water partition coefficient (Wildman–Crippen LogP) is 10.1. The molecule has 0 amide bonds. The van der Waals surface area contributed by atoms with Gasteiger partial charge in [0.05, 0.1) is 11.4 Å². The standard InChI is InChI=1S/C26H16N2O4.C15H8N2O2/c29-17-27-21-5-13-25(14-6-21)31-23-9-1-19(2-10-23)20-3-11-24(12-4-20)32-26-15-7-22(8-16-26)28-18-30;18-8-16-14-6-5-12-11-4-2-1-3-10(11)7-13(12)15(14)17-9-19/h1-16H;1-6H,7H2. The highest BCUT2D eigenvalue weighted by Gasteiger charge is 2.22. The van der Waals surface area contributed by atoms with Crippen LogP contribution in [0.1, 0.15) is 11.1 Å². The van der Waals surface area contributed by atoms with E-state index >= 15 is 0 Å². The van der Waals surface area contributed by atoms with Gasteiger partial charge < -0.3 is 9.47 Å². The maximum absolute atomic E-state index is 10.6. The van der Waals surface area contributed by atoms with Crippen LogP contribution in [0.3, 0.4) is 0 Å². The summed E-state index contributed by atoms with van der Waals surface area (Å²) in [6.45, 7) is 0. The van der Waals surface area contributed by atoms with E-state index < -0.39 is 0 Å². The number of carbonyl (C=O) groups excluding carboxylic acids is 4. The zero-order valence-electron chi connectivity index (χ0n) is 26.6. The monoisotopic (exact) mass is 668 g/mol. The largest absolute Gasteiger partial charge is 0.457 e. The van der Waals surface area contributed by atoms with E-state index in [9.17, 15) is 19.2 Å². The first kappa shape index (κ1) is 33.3. The molecule has 0 atom stereocenters. The first-order chi connectivity index (χ1) is 25.1. The molecule has 244 valence electrons. The molecule has 6 aromatic rings. The zero-order valence-corrected chi connectivity index (χ0v) is 26.6. The third-order valence-electron chi connectivity index (χ3n) is 7.80. The topological polar surface area (TPSA) is 136 Å². The lowest BCUT2D eigenvalue weighted by molar-refractivity contribution is 0.482. The van der Waals surface area contributed by atoms with Crippen LogP contribution in [0.15, 0.2) is 153 Å². The van der Waals surface area contributed by atoms with E-state index in [0.29, 0.717) is 52.2 Å². The summed E-state index contributed by atoms with van der Waals surface area (Å²) in [7, 11) is 0. The number of hydrogen-bond donors (Lipinski definition) is 0. The molecule has 10 heteroatoms. The Hall–Kier alpha value is -7.56. The first-order valence-electron chi connectivity index (χ1n) is 15.4. The second-order valence-electron chi connectivity index (χ2n) is 10.8. The molecule has 0 unspecified atom stereocenters. The third-order valence-corrected chi connectivity index (χ3v) is 7.80. The van der Waals surface area contributed by atoms with Crippen molar-refractivity contribution in [3.8, 4) is 45.3 Å². The van der Waals surface area contributed by atoms with E-state index in [-0.39, 0.29) is 0 Å². The molecule has 0 N–H and O–H groups in total. The molecule has 0 radical (unpaired) electrons. The molecule has 0 fully saturated rings. The molecule has 51 heavy (non-hydrogen) atoms. The Morgan fingerprint density at radius 2 is 0.882 bits per heavy atom. The molecule has 1 aliphatic rings. The summed E-state index contributed by atoms with van der Waals surface area (Å²) in [6.07, 6.45) is 6.70. The van der Waals surface area contributed by atoms with E-state index in [1.807, 2.05) is 78.9 Å². The number of isocyanates is 4. The number of benzene rings is 6. The maximum Gasteiger partial charge on any atom is 0.240 e. The third kappa shape index (κ3) is 8.12. The Balaban J connectivity index is 0.000000200. The zero-order chi connectivity index (χ0) is 35.4. The molecule has 6 aromatic carbocycles. The number of fused-ring (bicyclic) bond motifs is 3. The average molecular weight is 669 g/mol. The molecule has 0 bridgehead atoms. The summed E-state index contributed by atoms with van der Waals surface area (Å²) in [4.78, 5) is 56.0. The minimum atomic E-state index is 0.352. The fraction of sp³-hybridized carbons (Fsp3) is 0.0244. The van der Waals surface area contributed by atoms with E-state index in [4.69, 9.17) is 9.47 Å². The molecule has 7 rings (SSSR count). The van der Waals surface area contributed by atoms with Gasteiger partial charge in [-0.15, -0.1) is 0 Å². The van der Waals surface area contributed by atoms with E-state index in [1.54, 1.807) is 54.6 Å². The van der Waals surface area contributed by atoms with Crippen LogP contribution < -0.4 is 9.47 Å². The van der Waals surface area contributed by atoms with Crippen LogP contribution in [0.2, 0.25) is 0 Å². The van der Waals surface area contributed by atoms with Gasteiger partial charge in [0.2, 0.25) is 24.3 Å². The lowest BCUT2D eigenvalue weighted by Crippen LogP contribution is -1.86. The molecular formula is C41H24N4O6. The van der Waals surface area contributed by atoms with Crippen molar-refractivity contribution in [1.82, 2.24) is 0 Å². The lowest BCUT2D eigenvalue weighted by Gasteiger charge is -2.09. The molecule has 10 nitrogen and oxygen atoms in total.